The molecule has 2 rings (SSSR count). The summed E-state index contributed by atoms with van der Waals surface area (Å²) in [5.74, 6) is 0.638. The largest absolute Gasteiger partial charge is 0.494 e. The minimum Gasteiger partial charge on any atom is -0.494 e. The Morgan fingerprint density at radius 3 is 2.12 bits per heavy atom. The summed E-state index contributed by atoms with van der Waals surface area (Å²) in [4.78, 5) is 24.4. The van der Waals surface area contributed by atoms with Crippen LogP contribution in [0.5, 0.6) is 5.75 Å². The molecule has 2 aromatic carbocycles. The van der Waals surface area contributed by atoms with Crippen LogP contribution in [0, 0.1) is 0 Å². The molecule has 33 heavy (non-hydrogen) atoms. The van der Waals surface area contributed by atoms with Crippen LogP contribution in [0.1, 0.15) is 71.6 Å². The molecule has 3 N–H and O–H groups in total. The van der Waals surface area contributed by atoms with Gasteiger partial charge in [0.1, 0.15) is 5.75 Å². The van der Waals surface area contributed by atoms with E-state index in [9.17, 15) is 9.59 Å². The van der Waals surface area contributed by atoms with Gasteiger partial charge >= 0.3 is 0 Å². The molecule has 0 aromatic heterocycles. The molecule has 2 aromatic rings. The van der Waals surface area contributed by atoms with Gasteiger partial charge in [-0.15, -0.1) is 0 Å². The van der Waals surface area contributed by atoms with Crippen molar-refractivity contribution in [1.82, 2.24) is 0 Å². The summed E-state index contributed by atoms with van der Waals surface area (Å²) in [6.45, 7) is 5.16. The number of nitrogens with one attached hydrogen (secondary N) is 3. The van der Waals surface area contributed by atoms with Crippen LogP contribution < -0.4 is 20.7 Å². The Morgan fingerprint density at radius 2 is 1.36 bits per heavy atom. The molecule has 0 atom stereocenters. The van der Waals surface area contributed by atoms with Crippen molar-refractivity contribution in [2.24, 2.45) is 0 Å². The second-order valence-corrected chi connectivity index (χ2v) is 8.28. The van der Waals surface area contributed by atoms with Crippen LogP contribution in [0.2, 0.25) is 0 Å². The number of ether oxygens (including phenoxy) is 1. The summed E-state index contributed by atoms with van der Waals surface area (Å²) in [6, 6.07) is 14.9. The normalized spacial score (nSPS) is 10.5. The van der Waals surface area contributed by atoms with Crippen LogP contribution in [0.3, 0.4) is 0 Å². The maximum absolute atomic E-state index is 12.4. The van der Waals surface area contributed by atoms with Crippen LogP contribution in [0.25, 0.3) is 0 Å². The number of rotatable bonds is 16. The number of carbonyl (C=O) groups excluding carboxylic acids is 2. The van der Waals surface area contributed by atoms with E-state index in [1.807, 2.05) is 36.4 Å². The van der Waals surface area contributed by atoms with Crippen LogP contribution in [0.15, 0.2) is 48.5 Å². The SMILES string of the molecule is CCCCCCCOc1cccc(NCC(=O)Nc2cccc(NC(=O)CCCCC)c2)c1. The van der Waals surface area contributed by atoms with Crippen LogP contribution in [0.4, 0.5) is 17.1 Å². The van der Waals surface area contributed by atoms with E-state index < -0.39 is 0 Å². The van der Waals surface area contributed by atoms with E-state index in [1.165, 1.54) is 25.7 Å². The molecule has 0 aliphatic carbocycles. The summed E-state index contributed by atoms with van der Waals surface area (Å²) in [6.07, 6.45) is 9.54. The van der Waals surface area contributed by atoms with Gasteiger partial charge in [-0.3, -0.25) is 9.59 Å². The monoisotopic (exact) mass is 453 g/mol. The zero-order valence-electron chi connectivity index (χ0n) is 20.1. The number of benzene rings is 2. The van der Waals surface area contributed by atoms with E-state index in [-0.39, 0.29) is 18.4 Å². The molecule has 0 aliphatic heterocycles. The van der Waals surface area contributed by atoms with Crippen molar-refractivity contribution in [1.29, 1.82) is 0 Å². The highest BCUT2D eigenvalue weighted by Crippen LogP contribution is 2.19. The van der Waals surface area contributed by atoms with E-state index in [4.69, 9.17) is 4.74 Å². The Kier molecular flexibility index (Phi) is 12.5. The number of hydrogen-bond acceptors (Lipinski definition) is 4. The van der Waals surface area contributed by atoms with E-state index >= 15 is 0 Å². The van der Waals surface area contributed by atoms with Gasteiger partial charge in [0.25, 0.3) is 0 Å². The zero-order valence-corrected chi connectivity index (χ0v) is 20.1. The first-order valence-electron chi connectivity index (χ1n) is 12.3. The maximum atomic E-state index is 12.4. The topological polar surface area (TPSA) is 79.5 Å². The second-order valence-electron chi connectivity index (χ2n) is 8.28. The number of anilines is 3. The fraction of sp³-hybridized carbons (Fsp3) is 0.481. The molecule has 0 spiro atoms. The highest BCUT2D eigenvalue weighted by Gasteiger charge is 2.06. The predicted octanol–water partition coefficient (Wildman–Crippen LogP) is 6.61. The molecule has 0 unspecified atom stereocenters. The molecule has 0 bridgehead atoms. The summed E-state index contributed by atoms with van der Waals surface area (Å²) >= 11 is 0. The minimum atomic E-state index is -0.163. The fourth-order valence-electron chi connectivity index (χ4n) is 3.41. The van der Waals surface area contributed by atoms with E-state index in [2.05, 4.69) is 29.8 Å². The minimum absolute atomic E-state index is 0.00310. The standard InChI is InChI=1S/C27H39N3O3/c1-3-5-7-8-10-18-33-25-16-12-13-22(20-25)28-21-27(32)30-24-15-11-14-23(19-24)29-26(31)17-9-6-4-2/h11-16,19-20,28H,3-10,17-18,21H2,1-2H3,(H,29,31)(H,30,32). The van der Waals surface area contributed by atoms with Crippen molar-refractivity contribution >= 4 is 28.9 Å². The molecular formula is C27H39N3O3. The molecule has 0 radical (unpaired) electrons. The van der Waals surface area contributed by atoms with Crippen molar-refractivity contribution in [3.63, 3.8) is 0 Å². The molecular weight excluding hydrogens is 414 g/mol. The lowest BCUT2D eigenvalue weighted by Crippen LogP contribution is -2.21. The van der Waals surface area contributed by atoms with Gasteiger partial charge < -0.3 is 20.7 Å². The summed E-state index contributed by atoms with van der Waals surface area (Å²) in [7, 11) is 0. The van der Waals surface area contributed by atoms with Gasteiger partial charge in [-0.05, 0) is 43.2 Å². The number of unbranched alkanes of at least 4 members (excludes halogenated alkanes) is 6. The van der Waals surface area contributed by atoms with Gasteiger partial charge in [-0.25, -0.2) is 0 Å². The average Bonchev–Trinajstić information content (AvgIpc) is 2.81. The Labute approximate surface area is 198 Å². The highest BCUT2D eigenvalue weighted by atomic mass is 16.5. The average molecular weight is 454 g/mol. The van der Waals surface area contributed by atoms with Gasteiger partial charge in [0, 0.05) is 29.5 Å². The molecule has 0 heterocycles. The molecule has 0 saturated carbocycles. The lowest BCUT2D eigenvalue weighted by molar-refractivity contribution is -0.116. The molecule has 0 fully saturated rings. The van der Waals surface area contributed by atoms with Gasteiger partial charge in [0.05, 0.1) is 13.2 Å². The fourth-order valence-corrected chi connectivity index (χ4v) is 3.41. The summed E-state index contributed by atoms with van der Waals surface area (Å²) < 4.78 is 5.83. The molecule has 0 aliphatic rings. The van der Waals surface area contributed by atoms with E-state index in [0.717, 1.165) is 37.1 Å². The number of amides is 2. The second kappa shape index (κ2) is 15.7. The van der Waals surface area contributed by atoms with Crippen molar-refractivity contribution in [2.45, 2.75) is 71.6 Å². The Balaban J connectivity index is 1.75. The maximum Gasteiger partial charge on any atom is 0.243 e. The van der Waals surface area contributed by atoms with Gasteiger partial charge in [-0.1, -0.05) is 64.5 Å². The third-order valence-corrected chi connectivity index (χ3v) is 5.24. The van der Waals surface area contributed by atoms with E-state index in [0.29, 0.717) is 24.4 Å². The number of hydrogen-bond donors (Lipinski definition) is 3. The molecule has 0 saturated heterocycles. The predicted molar refractivity (Wildman–Crippen MR) is 137 cm³/mol. The third kappa shape index (κ3) is 11.4. The first-order valence-corrected chi connectivity index (χ1v) is 12.3. The quantitative estimate of drug-likeness (QED) is 0.250. The van der Waals surface area contributed by atoms with Crippen LogP contribution in [-0.4, -0.2) is 25.0 Å². The Hall–Kier alpha value is -3.02. The van der Waals surface area contributed by atoms with Gasteiger partial charge in [0.15, 0.2) is 0 Å². The highest BCUT2D eigenvalue weighted by molar-refractivity contribution is 5.95. The van der Waals surface area contributed by atoms with Gasteiger partial charge in [-0.2, -0.15) is 0 Å². The molecule has 2 amide bonds. The van der Waals surface area contributed by atoms with Crippen molar-refractivity contribution in [3.8, 4) is 5.75 Å². The molecule has 6 nitrogen and oxygen atoms in total. The van der Waals surface area contributed by atoms with Crippen LogP contribution >= 0.6 is 0 Å². The lowest BCUT2D eigenvalue weighted by atomic mass is 10.2. The van der Waals surface area contributed by atoms with Crippen molar-refractivity contribution in [3.05, 3.63) is 48.5 Å². The Morgan fingerprint density at radius 1 is 0.727 bits per heavy atom. The summed E-state index contributed by atoms with van der Waals surface area (Å²) in [5.41, 5.74) is 2.16. The van der Waals surface area contributed by atoms with E-state index in [1.54, 1.807) is 12.1 Å². The zero-order chi connectivity index (χ0) is 23.7. The van der Waals surface area contributed by atoms with Gasteiger partial charge in [0.2, 0.25) is 11.8 Å². The first-order chi connectivity index (χ1) is 16.1. The third-order valence-electron chi connectivity index (χ3n) is 5.24. The van der Waals surface area contributed by atoms with Crippen molar-refractivity contribution < 1.29 is 14.3 Å². The molecule has 180 valence electrons. The summed E-state index contributed by atoms with van der Waals surface area (Å²) in [5, 5.41) is 8.89. The lowest BCUT2D eigenvalue weighted by Gasteiger charge is -2.11. The first kappa shape index (κ1) is 26.2. The Bertz CT molecular complexity index is 854. The van der Waals surface area contributed by atoms with Crippen LogP contribution in [-0.2, 0) is 9.59 Å². The van der Waals surface area contributed by atoms with Crippen molar-refractivity contribution in [2.75, 3.05) is 29.1 Å². The smallest absolute Gasteiger partial charge is 0.243 e. The number of carbonyl (C=O) groups is 2. The molecule has 6 heteroatoms.